The fraction of sp³-hybridized carbons (Fsp3) is 0.500. The van der Waals surface area contributed by atoms with Crippen LogP contribution in [0.3, 0.4) is 0 Å². The molecule has 2 aromatic rings. The Labute approximate surface area is 109 Å². The van der Waals surface area contributed by atoms with Crippen LogP contribution in [0.25, 0.3) is 10.9 Å². The number of nitrogens with zero attached hydrogens (tertiary/aromatic N) is 1. The molecule has 0 spiro atoms. The molecule has 1 aliphatic heterocycles. The molecule has 2 nitrogen and oxygen atoms in total. The Morgan fingerprint density at radius 3 is 2.89 bits per heavy atom. The second-order valence-electron chi connectivity index (χ2n) is 5.55. The van der Waals surface area contributed by atoms with E-state index in [0.717, 1.165) is 26.1 Å². The van der Waals surface area contributed by atoms with Gasteiger partial charge in [-0.15, -0.1) is 0 Å². The molecule has 0 bridgehead atoms. The maximum Gasteiger partial charge on any atom is 0.0486 e. The third-order valence-corrected chi connectivity index (χ3v) is 4.07. The number of fused-ring (bicyclic) bond motifs is 3. The molecule has 0 aliphatic carbocycles. The van der Waals surface area contributed by atoms with Crippen LogP contribution in [-0.2, 0) is 19.5 Å². The lowest BCUT2D eigenvalue weighted by molar-refractivity contribution is 0.520. The SMILES string of the molecule is CCc1ccc2c(c1)c(C(C)C)c1n2CCNC1. The van der Waals surface area contributed by atoms with Gasteiger partial charge in [-0.05, 0) is 35.6 Å². The van der Waals surface area contributed by atoms with Crippen molar-refractivity contribution in [1.29, 1.82) is 0 Å². The van der Waals surface area contributed by atoms with E-state index in [-0.39, 0.29) is 0 Å². The van der Waals surface area contributed by atoms with E-state index in [4.69, 9.17) is 0 Å². The number of hydrogen-bond acceptors (Lipinski definition) is 1. The molecule has 1 aromatic carbocycles. The second kappa shape index (κ2) is 4.43. The molecule has 0 fully saturated rings. The first-order valence-electron chi connectivity index (χ1n) is 7.07. The van der Waals surface area contributed by atoms with Crippen LogP contribution in [0, 0.1) is 0 Å². The lowest BCUT2D eigenvalue weighted by Crippen LogP contribution is -2.28. The average Bonchev–Trinajstić information content (AvgIpc) is 2.72. The van der Waals surface area contributed by atoms with Crippen molar-refractivity contribution in [2.75, 3.05) is 6.54 Å². The van der Waals surface area contributed by atoms with Gasteiger partial charge in [0.1, 0.15) is 0 Å². The molecule has 0 amide bonds. The van der Waals surface area contributed by atoms with Gasteiger partial charge in [0.05, 0.1) is 0 Å². The quantitative estimate of drug-likeness (QED) is 0.853. The number of aryl methyl sites for hydroxylation is 1. The zero-order valence-corrected chi connectivity index (χ0v) is 11.6. The fourth-order valence-electron chi connectivity index (χ4n) is 3.19. The Balaban J connectivity index is 2.33. The number of nitrogens with one attached hydrogen (secondary N) is 1. The van der Waals surface area contributed by atoms with Crippen LogP contribution in [-0.4, -0.2) is 11.1 Å². The summed E-state index contributed by atoms with van der Waals surface area (Å²) in [5.74, 6) is 0.593. The van der Waals surface area contributed by atoms with E-state index in [1.807, 2.05) is 0 Å². The molecule has 0 radical (unpaired) electrons. The zero-order valence-electron chi connectivity index (χ0n) is 11.6. The predicted molar refractivity (Wildman–Crippen MR) is 77.1 cm³/mol. The molecule has 0 saturated carbocycles. The average molecular weight is 242 g/mol. The van der Waals surface area contributed by atoms with Crippen LogP contribution < -0.4 is 5.32 Å². The summed E-state index contributed by atoms with van der Waals surface area (Å²) in [5, 5.41) is 4.98. The summed E-state index contributed by atoms with van der Waals surface area (Å²) in [6, 6.07) is 6.99. The van der Waals surface area contributed by atoms with Gasteiger partial charge in [-0.25, -0.2) is 0 Å². The largest absolute Gasteiger partial charge is 0.342 e. The van der Waals surface area contributed by atoms with E-state index < -0.39 is 0 Å². The molecule has 1 N–H and O–H groups in total. The maximum atomic E-state index is 3.50. The Bertz CT molecular complexity index is 578. The van der Waals surface area contributed by atoms with Gasteiger partial charge >= 0.3 is 0 Å². The number of hydrogen-bond donors (Lipinski definition) is 1. The van der Waals surface area contributed by atoms with Crippen molar-refractivity contribution in [2.45, 2.75) is 46.2 Å². The Hall–Kier alpha value is -1.28. The van der Waals surface area contributed by atoms with Gasteiger partial charge in [-0.2, -0.15) is 0 Å². The molecular weight excluding hydrogens is 220 g/mol. The van der Waals surface area contributed by atoms with Crippen molar-refractivity contribution in [2.24, 2.45) is 0 Å². The van der Waals surface area contributed by atoms with Crippen molar-refractivity contribution in [1.82, 2.24) is 9.88 Å². The maximum absolute atomic E-state index is 3.50. The molecule has 96 valence electrons. The monoisotopic (exact) mass is 242 g/mol. The van der Waals surface area contributed by atoms with Crippen LogP contribution in [0.15, 0.2) is 18.2 Å². The second-order valence-corrected chi connectivity index (χ2v) is 5.55. The fourth-order valence-corrected chi connectivity index (χ4v) is 3.19. The van der Waals surface area contributed by atoms with Crippen LogP contribution in [0.2, 0.25) is 0 Å². The minimum absolute atomic E-state index is 0.593. The Kier molecular flexibility index (Phi) is 2.90. The summed E-state index contributed by atoms with van der Waals surface area (Å²) in [4.78, 5) is 0. The van der Waals surface area contributed by atoms with Gasteiger partial charge in [0.15, 0.2) is 0 Å². The number of rotatable bonds is 2. The van der Waals surface area contributed by atoms with E-state index in [1.165, 1.54) is 22.2 Å². The van der Waals surface area contributed by atoms with Crippen molar-refractivity contribution in [3.05, 3.63) is 35.0 Å². The minimum atomic E-state index is 0.593. The minimum Gasteiger partial charge on any atom is -0.342 e. The standard InChI is InChI=1S/C16H22N2/c1-4-12-5-6-14-13(9-12)16(11(2)3)15-10-17-7-8-18(14)15/h5-6,9,11,17H,4,7-8,10H2,1-3H3. The number of aromatic nitrogens is 1. The molecule has 0 saturated heterocycles. The summed E-state index contributed by atoms with van der Waals surface area (Å²) < 4.78 is 2.51. The zero-order chi connectivity index (χ0) is 12.7. The lowest BCUT2D eigenvalue weighted by atomic mass is 9.97. The van der Waals surface area contributed by atoms with Crippen molar-refractivity contribution in [3.63, 3.8) is 0 Å². The first-order valence-corrected chi connectivity index (χ1v) is 7.07. The van der Waals surface area contributed by atoms with Gasteiger partial charge in [0.25, 0.3) is 0 Å². The molecular formula is C16H22N2. The summed E-state index contributed by atoms with van der Waals surface area (Å²) in [5.41, 5.74) is 5.92. The van der Waals surface area contributed by atoms with Gasteiger partial charge in [0.2, 0.25) is 0 Å². The highest BCUT2D eigenvalue weighted by Gasteiger charge is 2.21. The van der Waals surface area contributed by atoms with Gasteiger partial charge < -0.3 is 9.88 Å². The lowest BCUT2D eigenvalue weighted by Gasteiger charge is -2.19. The van der Waals surface area contributed by atoms with Crippen LogP contribution >= 0.6 is 0 Å². The van der Waals surface area contributed by atoms with Gasteiger partial charge in [-0.3, -0.25) is 0 Å². The molecule has 1 aromatic heterocycles. The highest BCUT2D eigenvalue weighted by molar-refractivity contribution is 5.87. The summed E-state index contributed by atoms with van der Waals surface area (Å²) in [7, 11) is 0. The first-order chi connectivity index (χ1) is 8.72. The summed E-state index contributed by atoms with van der Waals surface area (Å²) >= 11 is 0. The highest BCUT2D eigenvalue weighted by Crippen LogP contribution is 2.33. The third kappa shape index (κ3) is 1.67. The van der Waals surface area contributed by atoms with Crippen LogP contribution in [0.4, 0.5) is 0 Å². The smallest absolute Gasteiger partial charge is 0.0486 e. The normalized spacial score (nSPS) is 15.3. The van der Waals surface area contributed by atoms with E-state index in [1.54, 1.807) is 5.56 Å². The van der Waals surface area contributed by atoms with Crippen molar-refractivity contribution in [3.8, 4) is 0 Å². The molecule has 3 rings (SSSR count). The summed E-state index contributed by atoms with van der Waals surface area (Å²) in [6.07, 6.45) is 1.12. The van der Waals surface area contributed by atoms with Crippen molar-refractivity contribution < 1.29 is 0 Å². The van der Waals surface area contributed by atoms with E-state index in [2.05, 4.69) is 48.9 Å². The van der Waals surface area contributed by atoms with Crippen molar-refractivity contribution >= 4 is 10.9 Å². The molecule has 1 aliphatic rings. The Morgan fingerprint density at radius 2 is 2.17 bits per heavy atom. The van der Waals surface area contributed by atoms with Crippen LogP contribution in [0.5, 0.6) is 0 Å². The third-order valence-electron chi connectivity index (χ3n) is 4.07. The van der Waals surface area contributed by atoms with Gasteiger partial charge in [0, 0.05) is 36.2 Å². The van der Waals surface area contributed by atoms with E-state index in [9.17, 15) is 0 Å². The van der Waals surface area contributed by atoms with Gasteiger partial charge in [-0.1, -0.05) is 26.8 Å². The molecule has 2 heterocycles. The van der Waals surface area contributed by atoms with Crippen LogP contribution in [0.1, 0.15) is 43.5 Å². The first kappa shape index (κ1) is 11.8. The molecule has 0 atom stereocenters. The predicted octanol–water partition coefficient (Wildman–Crippen LogP) is 3.43. The molecule has 0 unspecified atom stereocenters. The topological polar surface area (TPSA) is 17.0 Å². The Morgan fingerprint density at radius 1 is 1.33 bits per heavy atom. The van der Waals surface area contributed by atoms with E-state index in [0.29, 0.717) is 5.92 Å². The highest BCUT2D eigenvalue weighted by atomic mass is 15.1. The molecule has 18 heavy (non-hydrogen) atoms. The van der Waals surface area contributed by atoms with E-state index >= 15 is 0 Å². The number of benzene rings is 1. The molecule has 2 heteroatoms. The summed E-state index contributed by atoms with van der Waals surface area (Å²) in [6.45, 7) is 10.1.